The van der Waals surface area contributed by atoms with Gasteiger partial charge in [0, 0.05) is 22.7 Å². The number of rotatable bonds is 6. The van der Waals surface area contributed by atoms with Crippen molar-refractivity contribution in [1.29, 1.82) is 0 Å². The summed E-state index contributed by atoms with van der Waals surface area (Å²) >= 11 is 6.31. The van der Waals surface area contributed by atoms with Gasteiger partial charge in [-0.3, -0.25) is 4.79 Å². The lowest BCUT2D eigenvalue weighted by atomic mass is 9.80. The van der Waals surface area contributed by atoms with Crippen molar-refractivity contribution >= 4 is 34.3 Å². The number of allylic oxidation sites excluding steroid dienone is 4. The number of benzene rings is 4. The molecule has 0 unspecified atom stereocenters. The van der Waals surface area contributed by atoms with Crippen LogP contribution in [0.1, 0.15) is 36.0 Å². The van der Waals surface area contributed by atoms with Crippen molar-refractivity contribution in [3.63, 3.8) is 0 Å². The zero-order chi connectivity index (χ0) is 25.9. The third-order valence-corrected chi connectivity index (χ3v) is 7.53. The quantitative estimate of drug-likeness (QED) is 0.256. The predicted molar refractivity (Wildman–Crippen MR) is 158 cm³/mol. The number of carbonyl (C=O) groups is 1. The summed E-state index contributed by atoms with van der Waals surface area (Å²) in [4.78, 5) is 16.3. The van der Waals surface area contributed by atoms with Gasteiger partial charge in [-0.2, -0.15) is 0 Å². The van der Waals surface area contributed by atoms with Gasteiger partial charge in [0.15, 0.2) is 5.78 Å². The summed E-state index contributed by atoms with van der Waals surface area (Å²) in [5.74, 6) is 0.184. The highest BCUT2D eigenvalue weighted by atomic mass is 35.5. The first-order valence-corrected chi connectivity index (χ1v) is 13.5. The molecule has 0 fully saturated rings. The van der Waals surface area contributed by atoms with Gasteiger partial charge in [-0.05, 0) is 77.4 Å². The molecular weight excluding hydrogens is 486 g/mol. The van der Waals surface area contributed by atoms with Gasteiger partial charge in [0.2, 0.25) is 0 Å². The van der Waals surface area contributed by atoms with Crippen LogP contribution in [0.4, 0.5) is 5.69 Å². The summed E-state index contributed by atoms with van der Waals surface area (Å²) in [6.07, 6.45) is 5.33. The molecule has 3 heteroatoms. The minimum Gasteiger partial charge on any atom is -0.309 e. The second-order valence-corrected chi connectivity index (χ2v) is 10.2. The fourth-order valence-electron chi connectivity index (χ4n) is 5.52. The van der Waals surface area contributed by atoms with Gasteiger partial charge in [-0.25, -0.2) is 0 Å². The summed E-state index contributed by atoms with van der Waals surface area (Å²) in [6.45, 7) is 0. The Morgan fingerprint density at radius 3 is 1.97 bits per heavy atom. The minimum absolute atomic E-state index is 0.184. The van der Waals surface area contributed by atoms with Gasteiger partial charge >= 0.3 is 0 Å². The van der Waals surface area contributed by atoms with Crippen LogP contribution in [0.3, 0.4) is 0 Å². The van der Waals surface area contributed by atoms with Crippen molar-refractivity contribution in [3.05, 3.63) is 160 Å². The van der Waals surface area contributed by atoms with Crippen molar-refractivity contribution in [2.45, 2.75) is 25.7 Å². The van der Waals surface area contributed by atoms with Gasteiger partial charge in [-0.1, -0.05) is 103 Å². The standard InChI is InChI=1S/C35H28ClNO/c36-28-19-21-29(22-20-28)37-33(27-15-8-3-9-16-27)24-32(26-13-6-2-7-14-26)30-17-10-18-31(35(30)37)34(38)23-25-11-4-1-5-12-25/h1-9,11-16,19-22,24H,10,17-18,23H2. The van der Waals surface area contributed by atoms with Gasteiger partial charge in [-0.15, -0.1) is 0 Å². The lowest BCUT2D eigenvalue weighted by Crippen LogP contribution is -2.31. The fraction of sp³-hybridized carbons (Fsp3) is 0.114. The SMILES string of the molecule is O=C(Cc1ccccc1)C1=C2C(=C(c3ccccc3)C=C(c3ccccc3)N2c2ccc(Cl)cc2)CCC1. The molecule has 38 heavy (non-hydrogen) atoms. The number of hydrogen-bond acceptors (Lipinski definition) is 2. The van der Waals surface area contributed by atoms with Crippen molar-refractivity contribution in [3.8, 4) is 0 Å². The van der Waals surface area contributed by atoms with E-state index in [1.807, 2.05) is 66.7 Å². The highest BCUT2D eigenvalue weighted by Crippen LogP contribution is 2.47. The first-order valence-electron chi connectivity index (χ1n) is 13.1. The summed E-state index contributed by atoms with van der Waals surface area (Å²) in [7, 11) is 0. The van der Waals surface area contributed by atoms with Crippen LogP contribution in [-0.4, -0.2) is 5.78 Å². The average Bonchev–Trinajstić information content (AvgIpc) is 2.98. The Balaban J connectivity index is 1.61. The zero-order valence-electron chi connectivity index (χ0n) is 21.1. The highest BCUT2D eigenvalue weighted by molar-refractivity contribution is 6.30. The molecule has 0 spiro atoms. The van der Waals surface area contributed by atoms with E-state index in [2.05, 4.69) is 59.5 Å². The predicted octanol–water partition coefficient (Wildman–Crippen LogP) is 8.90. The van der Waals surface area contributed by atoms with Crippen LogP contribution in [0.25, 0.3) is 11.3 Å². The van der Waals surface area contributed by atoms with E-state index in [1.165, 1.54) is 16.7 Å². The number of anilines is 1. The summed E-state index contributed by atoms with van der Waals surface area (Å²) in [5, 5.41) is 0.690. The molecule has 0 aromatic heterocycles. The molecule has 0 atom stereocenters. The normalized spacial score (nSPS) is 15.3. The number of ketones is 1. The number of fused-ring (bicyclic) bond motifs is 1. The van der Waals surface area contributed by atoms with E-state index in [9.17, 15) is 4.79 Å². The van der Waals surface area contributed by atoms with E-state index in [-0.39, 0.29) is 5.78 Å². The molecule has 186 valence electrons. The maximum atomic E-state index is 14.0. The van der Waals surface area contributed by atoms with Gasteiger partial charge in [0.25, 0.3) is 0 Å². The molecule has 1 aliphatic carbocycles. The number of Topliss-reactive ketones (excluding diaryl/α,β-unsaturated/α-hetero) is 1. The van der Waals surface area contributed by atoms with E-state index < -0.39 is 0 Å². The largest absolute Gasteiger partial charge is 0.309 e. The number of nitrogens with zero attached hydrogens (tertiary/aromatic N) is 1. The van der Waals surface area contributed by atoms with Crippen LogP contribution in [0.2, 0.25) is 5.02 Å². The minimum atomic E-state index is 0.184. The van der Waals surface area contributed by atoms with Crippen molar-refractivity contribution in [2.24, 2.45) is 0 Å². The number of halogens is 1. The van der Waals surface area contributed by atoms with Crippen molar-refractivity contribution in [2.75, 3.05) is 4.90 Å². The molecule has 1 heterocycles. The van der Waals surface area contributed by atoms with Crippen LogP contribution in [0, 0.1) is 0 Å². The third-order valence-electron chi connectivity index (χ3n) is 7.28. The molecule has 2 aliphatic rings. The van der Waals surface area contributed by atoms with E-state index in [1.54, 1.807) is 0 Å². The number of carbonyl (C=O) groups excluding carboxylic acids is 1. The maximum Gasteiger partial charge on any atom is 0.165 e. The molecule has 0 radical (unpaired) electrons. The molecule has 0 amide bonds. The molecule has 4 aromatic carbocycles. The molecule has 0 saturated heterocycles. The molecule has 0 saturated carbocycles. The van der Waals surface area contributed by atoms with Crippen LogP contribution >= 0.6 is 11.6 Å². The third kappa shape index (κ3) is 4.76. The maximum absolute atomic E-state index is 14.0. The first kappa shape index (κ1) is 24.2. The topological polar surface area (TPSA) is 20.3 Å². The Bertz CT molecular complexity index is 1550. The van der Waals surface area contributed by atoms with Crippen LogP contribution in [0.5, 0.6) is 0 Å². The lowest BCUT2D eigenvalue weighted by molar-refractivity contribution is -0.115. The summed E-state index contributed by atoms with van der Waals surface area (Å²) in [6, 6.07) is 39.0. The Morgan fingerprint density at radius 1 is 0.711 bits per heavy atom. The monoisotopic (exact) mass is 513 g/mol. The molecule has 1 aliphatic heterocycles. The average molecular weight is 514 g/mol. The highest BCUT2D eigenvalue weighted by Gasteiger charge is 2.34. The van der Waals surface area contributed by atoms with E-state index in [4.69, 9.17) is 11.6 Å². The van der Waals surface area contributed by atoms with E-state index >= 15 is 0 Å². The van der Waals surface area contributed by atoms with Crippen molar-refractivity contribution < 1.29 is 4.79 Å². The molecule has 6 rings (SSSR count). The zero-order valence-corrected chi connectivity index (χ0v) is 21.9. The summed E-state index contributed by atoms with van der Waals surface area (Å²) < 4.78 is 0. The summed E-state index contributed by atoms with van der Waals surface area (Å²) in [5.41, 5.74) is 9.71. The van der Waals surface area contributed by atoms with Gasteiger partial charge < -0.3 is 4.90 Å². The second kappa shape index (κ2) is 10.7. The van der Waals surface area contributed by atoms with Crippen LogP contribution in [-0.2, 0) is 11.2 Å². The second-order valence-electron chi connectivity index (χ2n) is 9.73. The van der Waals surface area contributed by atoms with E-state index in [0.717, 1.165) is 53.0 Å². The van der Waals surface area contributed by atoms with Gasteiger partial charge in [0.05, 0.1) is 11.4 Å². The molecule has 2 nitrogen and oxygen atoms in total. The Morgan fingerprint density at radius 2 is 1.32 bits per heavy atom. The lowest BCUT2D eigenvalue weighted by Gasteiger charge is -2.39. The Labute approximate surface area is 229 Å². The first-order chi connectivity index (χ1) is 18.7. The van der Waals surface area contributed by atoms with E-state index in [0.29, 0.717) is 11.4 Å². The molecule has 4 aromatic rings. The molecule has 0 N–H and O–H groups in total. The smallest absolute Gasteiger partial charge is 0.165 e. The molecular formula is C35H28ClNO. The van der Waals surface area contributed by atoms with Crippen LogP contribution < -0.4 is 4.90 Å². The Kier molecular flexibility index (Phi) is 6.81. The van der Waals surface area contributed by atoms with Crippen molar-refractivity contribution in [1.82, 2.24) is 0 Å². The van der Waals surface area contributed by atoms with Crippen LogP contribution in [0.15, 0.2) is 138 Å². The fourth-order valence-corrected chi connectivity index (χ4v) is 5.64. The molecule has 0 bridgehead atoms. The number of hydrogen-bond donors (Lipinski definition) is 0. The Hall–Kier alpha value is -4.14. The van der Waals surface area contributed by atoms with Gasteiger partial charge in [0.1, 0.15) is 0 Å².